The van der Waals surface area contributed by atoms with Crippen LogP contribution in [0, 0.1) is 10.5 Å². The molecule has 0 aliphatic carbocycles. The van der Waals surface area contributed by atoms with Gasteiger partial charge in [-0.3, -0.25) is 14.2 Å². The Bertz CT molecular complexity index is 648. The third kappa shape index (κ3) is 1.99. The Kier molecular flexibility index (Phi) is 3.28. The van der Waals surface area contributed by atoms with E-state index in [-0.39, 0.29) is 11.6 Å². The van der Waals surface area contributed by atoms with Crippen LogP contribution in [0.3, 0.4) is 0 Å². The Morgan fingerprint density at radius 2 is 2.24 bits per heavy atom. The van der Waals surface area contributed by atoms with Gasteiger partial charge in [0.15, 0.2) is 0 Å². The maximum absolute atomic E-state index is 12.2. The first kappa shape index (κ1) is 12.2. The van der Waals surface area contributed by atoms with E-state index < -0.39 is 0 Å². The molecule has 1 unspecified atom stereocenters. The first-order valence-electron chi connectivity index (χ1n) is 5.20. The highest BCUT2D eigenvalue weighted by Crippen LogP contribution is 2.18. The molecule has 0 radical (unpaired) electrons. The van der Waals surface area contributed by atoms with Crippen molar-refractivity contribution in [1.82, 2.24) is 9.38 Å². The SMILES string of the molecule is C=NC(C)c1nc2cccc(C)n2c(=O)c1I. The van der Waals surface area contributed by atoms with E-state index in [0.717, 1.165) is 5.69 Å². The molecule has 0 aliphatic heterocycles. The van der Waals surface area contributed by atoms with Crippen molar-refractivity contribution >= 4 is 35.0 Å². The molecule has 2 heterocycles. The minimum Gasteiger partial charge on any atom is -0.291 e. The molecule has 2 rings (SSSR count). The van der Waals surface area contributed by atoms with Gasteiger partial charge in [0, 0.05) is 5.69 Å². The molecule has 4 nitrogen and oxygen atoms in total. The number of hydrogen-bond acceptors (Lipinski definition) is 3. The quantitative estimate of drug-likeness (QED) is 0.622. The minimum atomic E-state index is -0.167. The van der Waals surface area contributed by atoms with Crippen molar-refractivity contribution in [2.24, 2.45) is 4.99 Å². The highest BCUT2D eigenvalue weighted by Gasteiger charge is 2.15. The van der Waals surface area contributed by atoms with Crippen molar-refractivity contribution in [3.8, 4) is 0 Å². The lowest BCUT2D eigenvalue weighted by atomic mass is 10.2. The van der Waals surface area contributed by atoms with Crippen LogP contribution in [0.4, 0.5) is 0 Å². The second-order valence-electron chi connectivity index (χ2n) is 3.84. The zero-order chi connectivity index (χ0) is 12.6. The second-order valence-corrected chi connectivity index (χ2v) is 4.91. The summed E-state index contributed by atoms with van der Waals surface area (Å²) in [6, 6.07) is 5.44. The largest absolute Gasteiger partial charge is 0.291 e. The van der Waals surface area contributed by atoms with Gasteiger partial charge in [0.2, 0.25) is 0 Å². The van der Waals surface area contributed by atoms with Crippen LogP contribution in [0.2, 0.25) is 0 Å². The van der Waals surface area contributed by atoms with E-state index in [4.69, 9.17) is 0 Å². The number of hydrogen-bond donors (Lipinski definition) is 0. The molecule has 0 amide bonds. The predicted octanol–water partition coefficient (Wildman–Crippen LogP) is 2.37. The number of rotatable bonds is 2. The third-order valence-electron chi connectivity index (χ3n) is 2.68. The van der Waals surface area contributed by atoms with Crippen LogP contribution in [-0.2, 0) is 0 Å². The summed E-state index contributed by atoms with van der Waals surface area (Å²) < 4.78 is 2.22. The van der Waals surface area contributed by atoms with E-state index in [1.165, 1.54) is 0 Å². The molecule has 0 bridgehead atoms. The number of aliphatic imine (C=N–C) groups is 1. The Labute approximate surface area is 113 Å². The number of nitrogens with zero attached hydrogens (tertiary/aromatic N) is 3. The first-order valence-corrected chi connectivity index (χ1v) is 6.27. The molecule has 0 spiro atoms. The Morgan fingerprint density at radius 1 is 1.53 bits per heavy atom. The zero-order valence-electron chi connectivity index (χ0n) is 9.64. The van der Waals surface area contributed by atoms with E-state index in [0.29, 0.717) is 14.9 Å². The normalized spacial score (nSPS) is 12.6. The minimum absolute atomic E-state index is 0.0424. The van der Waals surface area contributed by atoms with Gasteiger partial charge in [-0.05, 0) is 55.3 Å². The first-order chi connectivity index (χ1) is 8.06. The molecule has 88 valence electrons. The number of halogens is 1. The van der Waals surface area contributed by atoms with Crippen LogP contribution in [0.15, 0.2) is 28.0 Å². The van der Waals surface area contributed by atoms with E-state index in [9.17, 15) is 4.79 Å². The van der Waals surface area contributed by atoms with E-state index >= 15 is 0 Å². The van der Waals surface area contributed by atoms with E-state index in [2.05, 4.69) is 16.7 Å². The van der Waals surface area contributed by atoms with Gasteiger partial charge in [-0.2, -0.15) is 0 Å². The summed E-state index contributed by atoms with van der Waals surface area (Å²) in [5.74, 6) is 0. The van der Waals surface area contributed by atoms with Crippen LogP contribution in [0.1, 0.15) is 24.4 Å². The van der Waals surface area contributed by atoms with Crippen molar-refractivity contribution in [1.29, 1.82) is 0 Å². The zero-order valence-corrected chi connectivity index (χ0v) is 11.8. The van der Waals surface area contributed by atoms with Crippen molar-refractivity contribution in [3.05, 3.63) is 43.5 Å². The van der Waals surface area contributed by atoms with Crippen LogP contribution in [0.5, 0.6) is 0 Å². The fourth-order valence-corrected chi connectivity index (χ4v) is 2.51. The van der Waals surface area contributed by atoms with Gasteiger partial charge in [0.05, 0.1) is 11.7 Å². The predicted molar refractivity (Wildman–Crippen MR) is 76.9 cm³/mol. The standard InChI is InChI=1S/C12H12IN3O/c1-7-5-4-6-9-15-11(8(2)14-3)10(13)12(17)16(7)9/h4-6,8H,3H2,1-2H3. The molecule has 1 atom stereocenters. The summed E-state index contributed by atoms with van der Waals surface area (Å²) >= 11 is 2.02. The summed E-state index contributed by atoms with van der Waals surface area (Å²) in [6.45, 7) is 7.27. The summed E-state index contributed by atoms with van der Waals surface area (Å²) in [5, 5.41) is 0. The van der Waals surface area contributed by atoms with Gasteiger partial charge in [0.1, 0.15) is 9.22 Å². The average molecular weight is 341 g/mol. The van der Waals surface area contributed by atoms with Gasteiger partial charge in [0.25, 0.3) is 5.56 Å². The van der Waals surface area contributed by atoms with Gasteiger partial charge >= 0.3 is 0 Å². The van der Waals surface area contributed by atoms with Crippen LogP contribution >= 0.6 is 22.6 Å². The number of fused-ring (bicyclic) bond motifs is 1. The molecular formula is C12H12IN3O. The molecule has 0 saturated heterocycles. The summed E-state index contributed by atoms with van der Waals surface area (Å²) in [7, 11) is 0. The highest BCUT2D eigenvalue weighted by atomic mass is 127. The van der Waals surface area contributed by atoms with E-state index in [1.54, 1.807) is 4.40 Å². The molecule has 2 aromatic heterocycles. The molecular weight excluding hydrogens is 329 g/mol. The second kappa shape index (κ2) is 4.56. The lowest BCUT2D eigenvalue weighted by Gasteiger charge is -2.11. The molecule has 5 heteroatoms. The van der Waals surface area contributed by atoms with Gasteiger partial charge < -0.3 is 0 Å². The maximum Gasteiger partial charge on any atom is 0.271 e. The van der Waals surface area contributed by atoms with Gasteiger partial charge in [-0.1, -0.05) is 6.07 Å². The summed E-state index contributed by atoms with van der Waals surface area (Å²) in [6.07, 6.45) is 0. The topological polar surface area (TPSA) is 46.7 Å². The lowest BCUT2D eigenvalue weighted by Crippen LogP contribution is -2.22. The molecule has 0 N–H and O–H groups in total. The van der Waals surface area contributed by atoms with Crippen LogP contribution in [-0.4, -0.2) is 16.1 Å². The number of aromatic nitrogens is 2. The Hall–Kier alpha value is -1.24. The monoisotopic (exact) mass is 341 g/mol. The van der Waals surface area contributed by atoms with E-state index in [1.807, 2.05) is 54.6 Å². The van der Waals surface area contributed by atoms with Crippen molar-refractivity contribution in [2.45, 2.75) is 19.9 Å². The van der Waals surface area contributed by atoms with Crippen molar-refractivity contribution in [2.75, 3.05) is 0 Å². The van der Waals surface area contributed by atoms with Crippen LogP contribution in [0.25, 0.3) is 5.65 Å². The van der Waals surface area contributed by atoms with Crippen LogP contribution < -0.4 is 5.56 Å². The molecule has 0 saturated carbocycles. The number of pyridine rings is 1. The van der Waals surface area contributed by atoms with Crippen molar-refractivity contribution in [3.63, 3.8) is 0 Å². The smallest absolute Gasteiger partial charge is 0.271 e. The molecule has 2 aromatic rings. The summed E-state index contributed by atoms with van der Waals surface area (Å²) in [5.41, 5.74) is 2.18. The maximum atomic E-state index is 12.2. The summed E-state index contributed by atoms with van der Waals surface area (Å²) in [4.78, 5) is 20.7. The van der Waals surface area contributed by atoms with Gasteiger partial charge in [-0.15, -0.1) is 0 Å². The molecule has 17 heavy (non-hydrogen) atoms. The molecule has 0 aromatic carbocycles. The Balaban J connectivity index is 2.89. The fourth-order valence-electron chi connectivity index (χ4n) is 1.70. The fraction of sp³-hybridized carbons (Fsp3) is 0.250. The van der Waals surface area contributed by atoms with Gasteiger partial charge in [-0.25, -0.2) is 4.98 Å². The van der Waals surface area contributed by atoms with Crippen molar-refractivity contribution < 1.29 is 0 Å². The third-order valence-corrected chi connectivity index (χ3v) is 3.70. The lowest BCUT2D eigenvalue weighted by molar-refractivity contribution is 0.770. The molecule has 0 fully saturated rings. The average Bonchev–Trinajstić information content (AvgIpc) is 2.32. The molecule has 0 aliphatic rings. The highest BCUT2D eigenvalue weighted by molar-refractivity contribution is 14.1. The Morgan fingerprint density at radius 3 is 2.88 bits per heavy atom. The number of aryl methyl sites for hydroxylation is 1.